The number of hydrogen-bond donors (Lipinski definition) is 1. The van der Waals surface area contributed by atoms with Crippen LogP contribution in [0.5, 0.6) is 0 Å². The normalized spacial score (nSPS) is 16.0. The molecule has 1 aliphatic rings. The van der Waals surface area contributed by atoms with Crippen molar-refractivity contribution in [3.63, 3.8) is 0 Å². The van der Waals surface area contributed by atoms with E-state index in [2.05, 4.69) is 35.4 Å². The first-order chi connectivity index (χ1) is 11.2. The van der Waals surface area contributed by atoms with Gasteiger partial charge in [0.05, 0.1) is 6.54 Å². The summed E-state index contributed by atoms with van der Waals surface area (Å²) < 4.78 is 1.65. The number of anilines is 1. The molecule has 2 aromatic rings. The van der Waals surface area contributed by atoms with Gasteiger partial charge >= 0.3 is 0 Å². The van der Waals surface area contributed by atoms with Crippen LogP contribution >= 0.6 is 0 Å². The zero-order chi connectivity index (χ0) is 16.2. The minimum Gasteiger partial charge on any atom is -0.355 e. The van der Waals surface area contributed by atoms with Crippen molar-refractivity contribution in [2.24, 2.45) is 7.05 Å². The highest BCUT2D eigenvalue weighted by Crippen LogP contribution is 2.21. The summed E-state index contributed by atoms with van der Waals surface area (Å²) in [4.78, 5) is 24.7. The van der Waals surface area contributed by atoms with E-state index in [9.17, 15) is 4.79 Å². The third-order valence-electron chi connectivity index (χ3n) is 3.98. The van der Waals surface area contributed by atoms with Crippen molar-refractivity contribution in [2.45, 2.75) is 13.3 Å². The zero-order valence-electron chi connectivity index (χ0n) is 13.6. The number of rotatable bonds is 5. The van der Waals surface area contributed by atoms with Gasteiger partial charge < -0.3 is 10.2 Å². The first-order valence-corrected chi connectivity index (χ1v) is 7.93. The summed E-state index contributed by atoms with van der Waals surface area (Å²) in [5, 5.41) is 11.1. The Hall–Kier alpha value is -2.29. The van der Waals surface area contributed by atoms with Gasteiger partial charge in [0, 0.05) is 39.8 Å². The largest absolute Gasteiger partial charge is 0.355 e. The minimum absolute atomic E-state index is 0.0960. The van der Waals surface area contributed by atoms with Gasteiger partial charge in [0.2, 0.25) is 5.91 Å². The van der Waals surface area contributed by atoms with Crippen LogP contribution in [-0.2, 0) is 11.8 Å². The Balaban J connectivity index is 1.61. The lowest BCUT2D eigenvalue weighted by Crippen LogP contribution is -2.49. The molecule has 1 N–H and O–H groups in total. The summed E-state index contributed by atoms with van der Waals surface area (Å²) in [6.07, 6.45) is 2.51. The molecule has 1 amide bonds. The van der Waals surface area contributed by atoms with Crippen molar-refractivity contribution in [1.82, 2.24) is 35.2 Å². The molecule has 0 saturated carbocycles. The van der Waals surface area contributed by atoms with Gasteiger partial charge in [-0.15, -0.1) is 5.10 Å². The van der Waals surface area contributed by atoms with Crippen molar-refractivity contribution in [3.8, 4) is 0 Å². The lowest BCUT2D eigenvalue weighted by molar-refractivity contribution is -0.122. The molecule has 3 rings (SSSR count). The van der Waals surface area contributed by atoms with E-state index in [0.717, 1.165) is 56.1 Å². The van der Waals surface area contributed by atoms with E-state index in [0.29, 0.717) is 6.54 Å². The van der Waals surface area contributed by atoms with Crippen LogP contribution in [0, 0.1) is 0 Å². The molecule has 1 saturated heterocycles. The van der Waals surface area contributed by atoms with Crippen molar-refractivity contribution < 1.29 is 4.79 Å². The molecule has 0 spiro atoms. The Morgan fingerprint density at radius 2 is 2.04 bits per heavy atom. The van der Waals surface area contributed by atoms with E-state index in [4.69, 9.17) is 0 Å². The van der Waals surface area contributed by atoms with Crippen LogP contribution in [0.25, 0.3) is 11.2 Å². The molecule has 1 aliphatic heterocycles. The van der Waals surface area contributed by atoms with E-state index in [-0.39, 0.29) is 5.91 Å². The number of piperazine rings is 1. The van der Waals surface area contributed by atoms with Crippen LogP contribution in [0.4, 0.5) is 5.82 Å². The van der Waals surface area contributed by atoms with E-state index < -0.39 is 0 Å². The molecule has 1 fully saturated rings. The quantitative estimate of drug-likeness (QED) is 0.787. The number of hydrogen-bond acceptors (Lipinski definition) is 7. The summed E-state index contributed by atoms with van der Waals surface area (Å²) >= 11 is 0. The predicted molar refractivity (Wildman–Crippen MR) is 86.1 cm³/mol. The summed E-state index contributed by atoms with van der Waals surface area (Å²) in [5.74, 6) is 0.914. The third kappa shape index (κ3) is 3.39. The first kappa shape index (κ1) is 15.6. The van der Waals surface area contributed by atoms with Gasteiger partial charge in [0.15, 0.2) is 17.0 Å². The molecule has 124 valence electrons. The molecule has 0 unspecified atom stereocenters. The topological polar surface area (TPSA) is 92.1 Å². The van der Waals surface area contributed by atoms with Crippen molar-refractivity contribution in [1.29, 1.82) is 0 Å². The van der Waals surface area contributed by atoms with Gasteiger partial charge in [0.1, 0.15) is 6.33 Å². The molecule has 2 aromatic heterocycles. The van der Waals surface area contributed by atoms with Gasteiger partial charge in [-0.1, -0.05) is 12.1 Å². The number of fused-ring (bicyclic) bond motifs is 1. The molecule has 0 atom stereocenters. The average Bonchev–Trinajstić information content (AvgIpc) is 2.95. The molecule has 3 heterocycles. The van der Waals surface area contributed by atoms with Crippen LogP contribution < -0.4 is 10.2 Å². The summed E-state index contributed by atoms with van der Waals surface area (Å²) in [5.41, 5.74) is 1.46. The molecule has 0 bridgehead atoms. The molecular weight excluding hydrogens is 296 g/mol. The second-order valence-electron chi connectivity index (χ2n) is 5.70. The maximum atomic E-state index is 11.8. The molecule has 9 nitrogen and oxygen atoms in total. The number of nitrogens with zero attached hydrogens (tertiary/aromatic N) is 7. The number of carbonyl (C=O) groups is 1. The Kier molecular flexibility index (Phi) is 4.65. The smallest absolute Gasteiger partial charge is 0.234 e. The van der Waals surface area contributed by atoms with Crippen molar-refractivity contribution in [3.05, 3.63) is 6.33 Å². The molecule has 0 aliphatic carbocycles. The molecule has 0 aromatic carbocycles. The van der Waals surface area contributed by atoms with Crippen molar-refractivity contribution in [2.75, 3.05) is 44.2 Å². The van der Waals surface area contributed by atoms with Gasteiger partial charge in [-0.05, 0) is 6.42 Å². The maximum Gasteiger partial charge on any atom is 0.234 e. The van der Waals surface area contributed by atoms with E-state index in [1.54, 1.807) is 11.0 Å². The highest BCUT2D eigenvalue weighted by molar-refractivity contribution is 5.82. The van der Waals surface area contributed by atoms with Gasteiger partial charge in [0.25, 0.3) is 0 Å². The first-order valence-electron chi connectivity index (χ1n) is 7.93. The molecule has 23 heavy (non-hydrogen) atoms. The van der Waals surface area contributed by atoms with E-state index in [1.165, 1.54) is 0 Å². The fourth-order valence-corrected chi connectivity index (χ4v) is 2.71. The van der Waals surface area contributed by atoms with Crippen LogP contribution in [0.3, 0.4) is 0 Å². The monoisotopic (exact) mass is 318 g/mol. The number of amides is 1. The highest BCUT2D eigenvalue weighted by Gasteiger charge is 2.22. The average molecular weight is 318 g/mol. The van der Waals surface area contributed by atoms with Gasteiger partial charge in [-0.2, -0.15) is 0 Å². The Bertz CT molecular complexity index is 676. The van der Waals surface area contributed by atoms with Gasteiger partial charge in [-0.3, -0.25) is 9.69 Å². The number of carbonyl (C=O) groups excluding carboxylic acids is 1. The lowest BCUT2D eigenvalue weighted by atomic mass is 10.3. The second-order valence-corrected chi connectivity index (χ2v) is 5.70. The molecule has 9 heteroatoms. The maximum absolute atomic E-state index is 11.8. The lowest BCUT2D eigenvalue weighted by Gasteiger charge is -2.34. The number of aryl methyl sites for hydroxylation is 1. The van der Waals surface area contributed by atoms with Crippen LogP contribution in [-0.4, -0.2) is 75.0 Å². The highest BCUT2D eigenvalue weighted by atomic mass is 16.2. The zero-order valence-corrected chi connectivity index (χ0v) is 13.6. The van der Waals surface area contributed by atoms with Gasteiger partial charge in [-0.25, -0.2) is 14.6 Å². The van der Waals surface area contributed by atoms with Crippen LogP contribution in [0.2, 0.25) is 0 Å². The third-order valence-corrected chi connectivity index (χ3v) is 3.98. The minimum atomic E-state index is 0.0960. The Labute approximate surface area is 134 Å². The van der Waals surface area contributed by atoms with Crippen molar-refractivity contribution >= 4 is 22.9 Å². The molecule has 0 radical (unpaired) electrons. The molecular formula is C14H22N8O. The Morgan fingerprint density at radius 3 is 2.78 bits per heavy atom. The predicted octanol–water partition coefficient (Wildman–Crippen LogP) is -0.593. The summed E-state index contributed by atoms with van der Waals surface area (Å²) in [7, 11) is 1.82. The number of aromatic nitrogens is 5. The standard InChI is InChI=1S/C14H22N8O/c1-3-4-15-11(23)9-21-5-7-22(8-6-21)14-12-13(16-10-17-14)20(2)19-18-12/h10H,3-9H2,1-2H3,(H,15,23). The van der Waals surface area contributed by atoms with E-state index in [1.807, 2.05) is 14.0 Å². The summed E-state index contributed by atoms with van der Waals surface area (Å²) in [6, 6.07) is 0. The summed E-state index contributed by atoms with van der Waals surface area (Å²) in [6.45, 7) is 6.51. The van der Waals surface area contributed by atoms with E-state index >= 15 is 0 Å². The van der Waals surface area contributed by atoms with Crippen LogP contribution in [0.15, 0.2) is 6.33 Å². The Morgan fingerprint density at radius 1 is 1.26 bits per heavy atom. The fraction of sp³-hybridized carbons (Fsp3) is 0.643. The fourth-order valence-electron chi connectivity index (χ4n) is 2.71. The number of nitrogens with one attached hydrogen (secondary N) is 1. The SMILES string of the molecule is CCCNC(=O)CN1CCN(c2ncnc3c2nnn3C)CC1. The van der Waals surface area contributed by atoms with Crippen LogP contribution in [0.1, 0.15) is 13.3 Å². The second kappa shape index (κ2) is 6.86.